The summed E-state index contributed by atoms with van der Waals surface area (Å²) in [6.45, 7) is 1.76. The van der Waals surface area contributed by atoms with Crippen molar-refractivity contribution in [3.05, 3.63) is 81.8 Å². The number of fused-ring (bicyclic) bond motifs is 2. The van der Waals surface area contributed by atoms with Crippen LogP contribution in [0.2, 0.25) is 0 Å². The number of nitrogens with one attached hydrogen (secondary N) is 1. The first-order chi connectivity index (χ1) is 12.5. The highest BCUT2D eigenvalue weighted by molar-refractivity contribution is 6.15. The second kappa shape index (κ2) is 6.04. The van der Waals surface area contributed by atoms with Gasteiger partial charge in [0.25, 0.3) is 0 Å². The number of carbonyl (C=O) groups is 1. The van der Waals surface area contributed by atoms with Gasteiger partial charge in [0.2, 0.25) is 0 Å². The smallest absolute Gasteiger partial charge is 0.336 e. The number of ketones is 1. The average Bonchev–Trinajstić information content (AvgIpc) is 3.02. The first-order valence-corrected chi connectivity index (χ1v) is 8.09. The first kappa shape index (κ1) is 15.9. The fraction of sp³-hybridized carbons (Fsp3) is 0.0476. The van der Waals surface area contributed by atoms with E-state index in [4.69, 9.17) is 4.42 Å². The molecule has 26 heavy (non-hydrogen) atoms. The van der Waals surface area contributed by atoms with Crippen molar-refractivity contribution in [3.8, 4) is 5.75 Å². The molecule has 0 unspecified atom stereocenters. The molecule has 4 aromatic rings. The van der Waals surface area contributed by atoms with Crippen LogP contribution in [0.3, 0.4) is 0 Å². The van der Waals surface area contributed by atoms with E-state index in [2.05, 4.69) is 4.98 Å². The molecule has 0 bridgehead atoms. The summed E-state index contributed by atoms with van der Waals surface area (Å²) < 4.78 is 5.21. The van der Waals surface area contributed by atoms with E-state index in [9.17, 15) is 14.7 Å². The summed E-state index contributed by atoms with van der Waals surface area (Å²) >= 11 is 0. The maximum absolute atomic E-state index is 12.7. The Labute approximate surface area is 148 Å². The predicted octanol–water partition coefficient (Wildman–Crippen LogP) is 4.18. The van der Waals surface area contributed by atoms with E-state index in [-0.39, 0.29) is 16.9 Å². The lowest BCUT2D eigenvalue weighted by molar-refractivity contribution is 0.104. The molecule has 0 amide bonds. The largest absolute Gasteiger partial charge is 0.507 e. The van der Waals surface area contributed by atoms with Crippen molar-refractivity contribution >= 4 is 33.7 Å². The van der Waals surface area contributed by atoms with Crippen LogP contribution < -0.4 is 5.63 Å². The molecule has 0 aliphatic carbocycles. The van der Waals surface area contributed by atoms with Crippen molar-refractivity contribution in [3.63, 3.8) is 0 Å². The SMILES string of the molecule is Cc1cc(=O)oc2c(C(=O)/C=C/c3c[nH]c4ccccc34)c(O)ccc12. The Bertz CT molecular complexity index is 1240. The topological polar surface area (TPSA) is 83.3 Å². The molecule has 5 heteroatoms. The van der Waals surface area contributed by atoms with Crippen LogP contribution in [0.4, 0.5) is 0 Å². The highest BCUT2D eigenvalue weighted by Crippen LogP contribution is 2.29. The standard InChI is InChI=1S/C21H15NO4/c1-12-10-19(25)26-21-14(12)7-9-18(24)20(21)17(23)8-6-13-11-22-16-5-3-2-4-15(13)16/h2-11,22,24H,1H3/b8-6+. The van der Waals surface area contributed by atoms with Gasteiger partial charge in [-0.25, -0.2) is 4.79 Å². The molecule has 2 N–H and O–H groups in total. The number of aromatic nitrogens is 1. The quantitative estimate of drug-likeness (QED) is 0.331. The zero-order valence-corrected chi connectivity index (χ0v) is 13.9. The van der Waals surface area contributed by atoms with E-state index in [0.717, 1.165) is 16.5 Å². The lowest BCUT2D eigenvalue weighted by atomic mass is 10.0. The Morgan fingerprint density at radius 1 is 1.15 bits per heavy atom. The summed E-state index contributed by atoms with van der Waals surface area (Å²) in [6, 6.07) is 12.2. The number of aromatic amines is 1. The second-order valence-electron chi connectivity index (χ2n) is 6.07. The van der Waals surface area contributed by atoms with Crippen molar-refractivity contribution in [1.82, 2.24) is 4.98 Å². The Morgan fingerprint density at radius 3 is 2.81 bits per heavy atom. The molecule has 2 heterocycles. The molecule has 0 aliphatic heterocycles. The zero-order chi connectivity index (χ0) is 18.3. The Kier molecular flexibility index (Phi) is 3.69. The second-order valence-corrected chi connectivity index (χ2v) is 6.07. The summed E-state index contributed by atoms with van der Waals surface area (Å²) in [5, 5.41) is 11.8. The van der Waals surface area contributed by atoms with Crippen LogP contribution in [-0.4, -0.2) is 15.9 Å². The van der Waals surface area contributed by atoms with Gasteiger partial charge in [-0.3, -0.25) is 4.79 Å². The summed E-state index contributed by atoms with van der Waals surface area (Å²) in [5.74, 6) is -0.660. The monoisotopic (exact) mass is 345 g/mol. The third kappa shape index (κ3) is 2.59. The average molecular weight is 345 g/mol. The van der Waals surface area contributed by atoms with Gasteiger partial charge in [0.1, 0.15) is 11.3 Å². The summed E-state index contributed by atoms with van der Waals surface area (Å²) in [7, 11) is 0. The third-order valence-electron chi connectivity index (χ3n) is 4.38. The summed E-state index contributed by atoms with van der Waals surface area (Å²) in [5.41, 5.74) is 2.03. The lowest BCUT2D eigenvalue weighted by Crippen LogP contribution is -2.03. The van der Waals surface area contributed by atoms with Crippen LogP contribution in [0.25, 0.3) is 27.9 Å². The molecule has 0 aliphatic rings. The molecule has 0 atom stereocenters. The van der Waals surface area contributed by atoms with E-state index in [1.807, 2.05) is 30.5 Å². The lowest BCUT2D eigenvalue weighted by Gasteiger charge is -2.06. The fourth-order valence-corrected chi connectivity index (χ4v) is 3.09. The molecular weight excluding hydrogens is 330 g/mol. The Hall–Kier alpha value is -3.60. The summed E-state index contributed by atoms with van der Waals surface area (Å²) in [4.78, 5) is 27.5. The van der Waals surface area contributed by atoms with Crippen molar-refractivity contribution in [1.29, 1.82) is 0 Å². The van der Waals surface area contributed by atoms with Crippen LogP contribution in [0, 0.1) is 6.92 Å². The van der Waals surface area contributed by atoms with Crippen LogP contribution >= 0.6 is 0 Å². The van der Waals surface area contributed by atoms with Crippen molar-refractivity contribution in [2.24, 2.45) is 0 Å². The number of aromatic hydroxyl groups is 1. The highest BCUT2D eigenvalue weighted by Gasteiger charge is 2.17. The van der Waals surface area contributed by atoms with Crippen molar-refractivity contribution < 1.29 is 14.3 Å². The number of allylic oxidation sites excluding steroid dienone is 1. The minimum absolute atomic E-state index is 0.0145. The molecule has 0 spiro atoms. The van der Waals surface area contributed by atoms with E-state index < -0.39 is 11.4 Å². The molecule has 0 saturated carbocycles. The first-order valence-electron chi connectivity index (χ1n) is 8.09. The molecule has 5 nitrogen and oxygen atoms in total. The van der Waals surface area contributed by atoms with Gasteiger partial charge in [-0.1, -0.05) is 18.2 Å². The minimum atomic E-state index is -0.560. The van der Waals surface area contributed by atoms with Crippen LogP contribution in [-0.2, 0) is 0 Å². The highest BCUT2D eigenvalue weighted by atomic mass is 16.4. The van der Waals surface area contributed by atoms with Crippen molar-refractivity contribution in [2.45, 2.75) is 6.92 Å². The number of para-hydroxylation sites is 1. The van der Waals surface area contributed by atoms with Crippen molar-refractivity contribution in [2.75, 3.05) is 0 Å². The number of phenolic OH excluding ortho intramolecular Hbond substituents is 1. The molecule has 2 aromatic heterocycles. The van der Waals surface area contributed by atoms with E-state index in [0.29, 0.717) is 10.9 Å². The number of carbonyl (C=O) groups excluding carboxylic acids is 1. The number of benzene rings is 2. The Morgan fingerprint density at radius 2 is 1.96 bits per heavy atom. The van der Waals surface area contributed by atoms with E-state index in [1.165, 1.54) is 18.2 Å². The molecule has 2 aromatic carbocycles. The molecule has 4 rings (SSSR count). The van der Waals surface area contributed by atoms with Crippen LogP contribution in [0.5, 0.6) is 5.75 Å². The third-order valence-corrected chi connectivity index (χ3v) is 4.38. The fourth-order valence-electron chi connectivity index (χ4n) is 3.09. The normalized spacial score (nSPS) is 11.6. The van der Waals surface area contributed by atoms with Crippen LogP contribution in [0.15, 0.2) is 63.9 Å². The van der Waals surface area contributed by atoms with Gasteiger partial charge < -0.3 is 14.5 Å². The number of aryl methyl sites for hydroxylation is 1. The zero-order valence-electron chi connectivity index (χ0n) is 13.9. The van der Waals surface area contributed by atoms with Crippen LogP contribution in [0.1, 0.15) is 21.5 Å². The van der Waals surface area contributed by atoms with Gasteiger partial charge in [-0.2, -0.15) is 0 Å². The van der Waals surface area contributed by atoms with Gasteiger partial charge >= 0.3 is 5.63 Å². The summed E-state index contributed by atoms with van der Waals surface area (Å²) in [6.07, 6.45) is 4.85. The van der Waals surface area contributed by atoms with Gasteiger partial charge in [0.15, 0.2) is 11.4 Å². The molecule has 0 radical (unpaired) electrons. The number of hydrogen-bond acceptors (Lipinski definition) is 4. The van der Waals surface area contributed by atoms with E-state index >= 15 is 0 Å². The molecule has 0 fully saturated rings. The number of hydrogen-bond donors (Lipinski definition) is 2. The predicted molar refractivity (Wildman–Crippen MR) is 101 cm³/mol. The van der Waals surface area contributed by atoms with Gasteiger partial charge in [0, 0.05) is 28.6 Å². The minimum Gasteiger partial charge on any atom is -0.507 e. The molecule has 128 valence electrons. The van der Waals surface area contributed by atoms with Gasteiger partial charge in [0.05, 0.1) is 0 Å². The maximum Gasteiger partial charge on any atom is 0.336 e. The van der Waals surface area contributed by atoms with Gasteiger partial charge in [-0.15, -0.1) is 0 Å². The number of phenols is 1. The number of rotatable bonds is 3. The molecular formula is C21H15NO4. The number of H-pyrrole nitrogens is 1. The van der Waals surface area contributed by atoms with E-state index in [1.54, 1.807) is 19.1 Å². The van der Waals surface area contributed by atoms with Gasteiger partial charge in [-0.05, 0) is 48.4 Å². The molecule has 0 saturated heterocycles. The maximum atomic E-state index is 12.7. The Balaban J connectivity index is 1.81.